The van der Waals surface area contributed by atoms with E-state index in [4.69, 9.17) is 5.73 Å². The summed E-state index contributed by atoms with van der Waals surface area (Å²) in [6.07, 6.45) is 9.41. The van der Waals surface area contributed by atoms with Gasteiger partial charge in [0.05, 0.1) is 0 Å². The summed E-state index contributed by atoms with van der Waals surface area (Å²) < 4.78 is 0. The molecule has 0 unspecified atom stereocenters. The van der Waals surface area contributed by atoms with Gasteiger partial charge in [-0.1, -0.05) is 25.0 Å². The molecule has 1 aliphatic rings. The van der Waals surface area contributed by atoms with Crippen LogP contribution >= 0.6 is 0 Å². The van der Waals surface area contributed by atoms with Gasteiger partial charge in [0.2, 0.25) is 0 Å². The van der Waals surface area contributed by atoms with E-state index in [2.05, 4.69) is 23.1 Å². The molecule has 18 heavy (non-hydrogen) atoms. The van der Waals surface area contributed by atoms with Crippen LogP contribution in [0.2, 0.25) is 0 Å². The smallest absolute Gasteiger partial charge is 0.0316 e. The van der Waals surface area contributed by atoms with Crippen LogP contribution in [-0.2, 0) is 6.42 Å². The van der Waals surface area contributed by atoms with Crippen LogP contribution in [-0.4, -0.2) is 24.5 Å². The van der Waals surface area contributed by atoms with Crippen LogP contribution in [0.4, 0.5) is 5.69 Å². The Morgan fingerprint density at radius 1 is 1.00 bits per heavy atom. The van der Waals surface area contributed by atoms with Gasteiger partial charge in [0.1, 0.15) is 0 Å². The van der Waals surface area contributed by atoms with Crippen molar-refractivity contribution in [2.45, 2.75) is 44.9 Å². The molecule has 0 radical (unpaired) electrons. The SMILES string of the molecule is Nc1cccc(CCCCN2CCCCCC2)c1. The first kappa shape index (κ1) is 13.4. The molecule has 1 aliphatic heterocycles. The molecule has 2 heteroatoms. The Hall–Kier alpha value is -1.02. The monoisotopic (exact) mass is 246 g/mol. The fourth-order valence-corrected chi connectivity index (χ4v) is 2.77. The highest BCUT2D eigenvalue weighted by Gasteiger charge is 2.07. The summed E-state index contributed by atoms with van der Waals surface area (Å²) in [5, 5.41) is 0. The lowest BCUT2D eigenvalue weighted by Crippen LogP contribution is -2.25. The second kappa shape index (κ2) is 7.42. The first-order valence-electron chi connectivity index (χ1n) is 7.41. The Balaban J connectivity index is 1.63. The molecule has 0 spiro atoms. The molecule has 2 N–H and O–H groups in total. The van der Waals surface area contributed by atoms with Gasteiger partial charge in [-0.05, 0) is 69.4 Å². The van der Waals surface area contributed by atoms with Crippen LogP contribution in [0, 0.1) is 0 Å². The predicted octanol–water partition coefficient (Wildman–Crippen LogP) is 3.47. The minimum absolute atomic E-state index is 0.889. The molecular weight excluding hydrogens is 220 g/mol. The van der Waals surface area contributed by atoms with Crippen molar-refractivity contribution in [1.82, 2.24) is 4.90 Å². The highest BCUT2D eigenvalue weighted by atomic mass is 15.1. The zero-order chi connectivity index (χ0) is 12.6. The number of unbranched alkanes of at least 4 members (excludes halogenated alkanes) is 1. The van der Waals surface area contributed by atoms with E-state index < -0.39 is 0 Å². The molecule has 0 bridgehead atoms. The number of hydrogen-bond donors (Lipinski definition) is 1. The van der Waals surface area contributed by atoms with Crippen molar-refractivity contribution in [3.05, 3.63) is 29.8 Å². The second-order valence-corrected chi connectivity index (χ2v) is 5.46. The molecule has 1 saturated heterocycles. The molecule has 1 aromatic carbocycles. The average Bonchev–Trinajstić information content (AvgIpc) is 2.63. The standard InChI is InChI=1S/C16H26N2/c17-16-10-7-9-15(14-16)8-3-6-13-18-11-4-1-2-5-12-18/h7,9-10,14H,1-6,8,11-13,17H2. The molecule has 0 aliphatic carbocycles. The lowest BCUT2D eigenvalue weighted by molar-refractivity contribution is 0.279. The van der Waals surface area contributed by atoms with E-state index in [0.29, 0.717) is 0 Å². The summed E-state index contributed by atoms with van der Waals surface area (Å²) in [7, 11) is 0. The van der Waals surface area contributed by atoms with Gasteiger partial charge in [-0.25, -0.2) is 0 Å². The molecule has 100 valence electrons. The highest BCUT2D eigenvalue weighted by molar-refractivity contribution is 5.40. The first-order valence-corrected chi connectivity index (χ1v) is 7.41. The summed E-state index contributed by atoms with van der Waals surface area (Å²) in [6, 6.07) is 8.30. The van der Waals surface area contributed by atoms with Crippen LogP contribution in [0.15, 0.2) is 24.3 Å². The summed E-state index contributed by atoms with van der Waals surface area (Å²) in [4.78, 5) is 2.65. The van der Waals surface area contributed by atoms with E-state index >= 15 is 0 Å². The Morgan fingerprint density at radius 3 is 2.50 bits per heavy atom. The molecule has 0 aromatic heterocycles. The third kappa shape index (κ3) is 4.69. The molecule has 0 atom stereocenters. The summed E-state index contributed by atoms with van der Waals surface area (Å²) in [6.45, 7) is 3.92. The maximum atomic E-state index is 5.79. The average molecular weight is 246 g/mol. The fraction of sp³-hybridized carbons (Fsp3) is 0.625. The molecule has 1 heterocycles. The van der Waals surface area contributed by atoms with Crippen molar-refractivity contribution < 1.29 is 0 Å². The molecule has 0 saturated carbocycles. The third-order valence-corrected chi connectivity index (χ3v) is 3.84. The summed E-state index contributed by atoms with van der Waals surface area (Å²) in [5.74, 6) is 0. The third-order valence-electron chi connectivity index (χ3n) is 3.84. The fourth-order valence-electron chi connectivity index (χ4n) is 2.77. The van der Waals surface area contributed by atoms with Crippen LogP contribution < -0.4 is 5.73 Å². The summed E-state index contributed by atoms with van der Waals surface area (Å²) >= 11 is 0. The second-order valence-electron chi connectivity index (χ2n) is 5.46. The van der Waals surface area contributed by atoms with Crippen molar-refractivity contribution in [1.29, 1.82) is 0 Å². The zero-order valence-electron chi connectivity index (χ0n) is 11.4. The van der Waals surface area contributed by atoms with Gasteiger partial charge in [0.25, 0.3) is 0 Å². The Labute approximate surface area is 111 Å². The number of aryl methyl sites for hydroxylation is 1. The number of rotatable bonds is 5. The van der Waals surface area contributed by atoms with Crippen molar-refractivity contribution >= 4 is 5.69 Å². The molecule has 2 rings (SSSR count). The van der Waals surface area contributed by atoms with E-state index in [9.17, 15) is 0 Å². The van der Waals surface area contributed by atoms with Gasteiger partial charge in [-0.2, -0.15) is 0 Å². The maximum Gasteiger partial charge on any atom is 0.0316 e. The van der Waals surface area contributed by atoms with Crippen molar-refractivity contribution in [2.24, 2.45) is 0 Å². The normalized spacial score (nSPS) is 17.6. The van der Waals surface area contributed by atoms with Crippen LogP contribution in [0.3, 0.4) is 0 Å². The number of nitrogens with zero attached hydrogens (tertiary/aromatic N) is 1. The Morgan fingerprint density at radius 2 is 1.78 bits per heavy atom. The Kier molecular flexibility index (Phi) is 5.53. The van der Waals surface area contributed by atoms with Crippen LogP contribution in [0.25, 0.3) is 0 Å². The van der Waals surface area contributed by atoms with Crippen molar-refractivity contribution in [2.75, 3.05) is 25.4 Å². The van der Waals surface area contributed by atoms with Crippen LogP contribution in [0.5, 0.6) is 0 Å². The molecule has 0 amide bonds. The summed E-state index contributed by atoms with van der Waals surface area (Å²) in [5.41, 5.74) is 8.06. The zero-order valence-corrected chi connectivity index (χ0v) is 11.4. The Bertz CT molecular complexity index is 341. The number of anilines is 1. The number of hydrogen-bond acceptors (Lipinski definition) is 2. The van der Waals surface area contributed by atoms with E-state index in [1.807, 2.05) is 6.07 Å². The quantitative estimate of drug-likeness (QED) is 0.637. The van der Waals surface area contributed by atoms with E-state index in [-0.39, 0.29) is 0 Å². The topological polar surface area (TPSA) is 29.3 Å². The minimum Gasteiger partial charge on any atom is -0.399 e. The number of nitrogens with two attached hydrogens (primary N) is 1. The van der Waals surface area contributed by atoms with Gasteiger partial charge in [-0.15, -0.1) is 0 Å². The maximum absolute atomic E-state index is 5.79. The first-order chi connectivity index (χ1) is 8.84. The van der Waals surface area contributed by atoms with E-state index in [1.165, 1.54) is 70.1 Å². The molecular formula is C16H26N2. The van der Waals surface area contributed by atoms with E-state index in [1.54, 1.807) is 0 Å². The van der Waals surface area contributed by atoms with Gasteiger partial charge < -0.3 is 10.6 Å². The lowest BCUT2D eigenvalue weighted by atomic mass is 10.1. The van der Waals surface area contributed by atoms with Crippen LogP contribution in [0.1, 0.15) is 44.1 Å². The van der Waals surface area contributed by atoms with Crippen molar-refractivity contribution in [3.63, 3.8) is 0 Å². The van der Waals surface area contributed by atoms with E-state index in [0.717, 1.165) is 5.69 Å². The predicted molar refractivity (Wildman–Crippen MR) is 78.7 cm³/mol. The molecule has 1 aromatic rings. The molecule has 2 nitrogen and oxygen atoms in total. The number of benzene rings is 1. The van der Waals surface area contributed by atoms with Gasteiger partial charge >= 0.3 is 0 Å². The van der Waals surface area contributed by atoms with Gasteiger partial charge in [-0.3, -0.25) is 0 Å². The van der Waals surface area contributed by atoms with Gasteiger partial charge in [0.15, 0.2) is 0 Å². The van der Waals surface area contributed by atoms with Gasteiger partial charge in [0, 0.05) is 5.69 Å². The highest BCUT2D eigenvalue weighted by Crippen LogP contribution is 2.12. The number of nitrogen functional groups attached to an aromatic ring is 1. The minimum atomic E-state index is 0.889. The molecule has 1 fully saturated rings. The number of likely N-dealkylation sites (tertiary alicyclic amines) is 1. The largest absolute Gasteiger partial charge is 0.399 e. The lowest BCUT2D eigenvalue weighted by Gasteiger charge is -2.19. The van der Waals surface area contributed by atoms with Crippen molar-refractivity contribution in [3.8, 4) is 0 Å².